The topological polar surface area (TPSA) is 0 Å². The summed E-state index contributed by atoms with van der Waals surface area (Å²) in [4.78, 5) is 0. The maximum absolute atomic E-state index is 4.50. The minimum absolute atomic E-state index is 1.03. The molecule has 0 saturated carbocycles. The zero-order chi connectivity index (χ0) is 29.8. The quantitative estimate of drug-likeness (QED) is 0.198. The van der Waals surface area contributed by atoms with Crippen molar-refractivity contribution in [2.45, 2.75) is 33.6 Å². The Balaban J connectivity index is 0.00000161. The third kappa shape index (κ3) is 5.38. The van der Waals surface area contributed by atoms with E-state index in [0.29, 0.717) is 0 Å². The van der Waals surface area contributed by atoms with Crippen molar-refractivity contribution in [1.82, 2.24) is 0 Å². The fraction of sp³-hybridized carbons (Fsp3) is 0.116. The lowest BCUT2D eigenvalue weighted by atomic mass is 9.90. The van der Waals surface area contributed by atoms with Crippen LogP contribution in [-0.4, -0.2) is 0 Å². The second-order valence-electron chi connectivity index (χ2n) is 10.9. The zero-order valence-corrected chi connectivity index (χ0v) is 25.4. The van der Waals surface area contributed by atoms with Gasteiger partial charge in [-0.3, -0.25) is 0 Å². The molecule has 0 heteroatoms. The molecule has 0 saturated heterocycles. The summed E-state index contributed by atoms with van der Waals surface area (Å²) in [6.45, 7) is 10.7. The minimum atomic E-state index is 1.03. The van der Waals surface area contributed by atoms with Crippen molar-refractivity contribution < 1.29 is 0 Å². The van der Waals surface area contributed by atoms with Crippen molar-refractivity contribution in [3.8, 4) is 33.4 Å². The van der Waals surface area contributed by atoms with Crippen LogP contribution in [0.1, 0.15) is 33.6 Å². The third-order valence-corrected chi connectivity index (χ3v) is 8.28. The molecule has 0 spiro atoms. The molecule has 0 radical (unpaired) electrons. The average molecular weight is 555 g/mol. The van der Waals surface area contributed by atoms with E-state index in [2.05, 4.69) is 153 Å². The van der Waals surface area contributed by atoms with Gasteiger partial charge in [0.25, 0.3) is 0 Å². The number of unbranched alkanes of at least 4 members (excludes halogenated alkanes) is 1. The second-order valence-corrected chi connectivity index (χ2v) is 10.9. The Labute approximate surface area is 255 Å². The summed E-state index contributed by atoms with van der Waals surface area (Å²) >= 11 is 0. The van der Waals surface area contributed by atoms with Gasteiger partial charge in [-0.2, -0.15) is 0 Å². The van der Waals surface area contributed by atoms with Gasteiger partial charge in [-0.15, -0.1) is 0 Å². The summed E-state index contributed by atoms with van der Waals surface area (Å²) in [6, 6.07) is 48.7. The number of fused-ring (bicyclic) bond motifs is 3. The van der Waals surface area contributed by atoms with Crippen LogP contribution in [0, 0.1) is 0 Å². The van der Waals surface area contributed by atoms with E-state index in [1.165, 1.54) is 70.9 Å². The highest BCUT2D eigenvalue weighted by Crippen LogP contribution is 2.35. The summed E-state index contributed by atoms with van der Waals surface area (Å²) in [7, 11) is 0. The summed E-state index contributed by atoms with van der Waals surface area (Å²) in [5, 5.41) is 9.90. The van der Waals surface area contributed by atoms with E-state index in [9.17, 15) is 0 Å². The van der Waals surface area contributed by atoms with Crippen molar-refractivity contribution in [3.63, 3.8) is 0 Å². The molecule has 0 aliphatic heterocycles. The Morgan fingerprint density at radius 2 is 1.05 bits per heavy atom. The highest BCUT2D eigenvalue weighted by atomic mass is 14.2. The van der Waals surface area contributed by atoms with Crippen LogP contribution in [-0.2, 0) is 0 Å². The molecule has 7 aromatic carbocycles. The van der Waals surface area contributed by atoms with Crippen LogP contribution in [0.3, 0.4) is 0 Å². The number of hydrogen-bond acceptors (Lipinski definition) is 0. The Morgan fingerprint density at radius 1 is 0.512 bits per heavy atom. The minimum Gasteiger partial charge on any atom is -0.0911 e. The van der Waals surface area contributed by atoms with Gasteiger partial charge in [0.15, 0.2) is 0 Å². The standard InChI is InChI=1S/C41H32.C2H6/c1-3-4-15-35-28(2)26-33-24-25-34(39-19-10-14-30-12-6-8-17-37(30)39)27-40(33)41(35)32-22-20-31(21-23-32)38-18-9-13-29-11-5-7-16-36(29)38;1-2/h5-27H,2-4H2,1H3;1-2H3/b35-15+;. The molecule has 0 nitrogen and oxygen atoms in total. The van der Waals surface area contributed by atoms with Crippen molar-refractivity contribution >= 4 is 45.0 Å². The predicted molar refractivity (Wildman–Crippen MR) is 191 cm³/mol. The van der Waals surface area contributed by atoms with Gasteiger partial charge in [-0.1, -0.05) is 161 Å². The van der Waals surface area contributed by atoms with E-state index in [1.807, 2.05) is 13.8 Å². The highest BCUT2D eigenvalue weighted by Gasteiger charge is 2.12. The van der Waals surface area contributed by atoms with Crippen LogP contribution in [0.15, 0.2) is 133 Å². The molecule has 0 unspecified atom stereocenters. The smallest absolute Gasteiger partial charge is 0.00300 e. The number of hydrogen-bond donors (Lipinski definition) is 0. The maximum Gasteiger partial charge on any atom is -0.00300 e. The first-order valence-electron chi connectivity index (χ1n) is 15.5. The molecule has 0 aliphatic carbocycles. The molecule has 7 rings (SSSR count). The van der Waals surface area contributed by atoms with Gasteiger partial charge in [0.1, 0.15) is 0 Å². The number of rotatable bonds is 5. The molecule has 0 amide bonds. The summed E-state index contributed by atoms with van der Waals surface area (Å²) < 4.78 is 0. The van der Waals surface area contributed by atoms with Gasteiger partial charge < -0.3 is 0 Å². The van der Waals surface area contributed by atoms with Gasteiger partial charge in [0.05, 0.1) is 0 Å². The molecule has 0 atom stereocenters. The highest BCUT2D eigenvalue weighted by molar-refractivity contribution is 6.03. The molecule has 43 heavy (non-hydrogen) atoms. The largest absolute Gasteiger partial charge is 0.0911 e. The van der Waals surface area contributed by atoms with Gasteiger partial charge in [0, 0.05) is 0 Å². The van der Waals surface area contributed by atoms with E-state index in [-0.39, 0.29) is 0 Å². The fourth-order valence-electron chi connectivity index (χ4n) is 6.24. The maximum atomic E-state index is 4.50. The molecule has 0 bridgehead atoms. The zero-order valence-electron chi connectivity index (χ0n) is 25.4. The van der Waals surface area contributed by atoms with Crippen LogP contribution >= 0.6 is 0 Å². The Kier molecular flexibility index (Phi) is 8.20. The molecule has 0 N–H and O–H groups in total. The van der Waals surface area contributed by atoms with Gasteiger partial charge in [-0.05, 0) is 94.7 Å². The van der Waals surface area contributed by atoms with E-state index in [1.54, 1.807) is 0 Å². The van der Waals surface area contributed by atoms with Crippen molar-refractivity contribution in [2.75, 3.05) is 0 Å². The van der Waals surface area contributed by atoms with Crippen LogP contribution in [0.25, 0.3) is 78.4 Å². The van der Waals surface area contributed by atoms with Crippen molar-refractivity contribution in [2.24, 2.45) is 0 Å². The fourth-order valence-corrected chi connectivity index (χ4v) is 6.24. The van der Waals surface area contributed by atoms with Crippen LogP contribution < -0.4 is 10.4 Å². The first-order chi connectivity index (χ1) is 21.2. The molecular formula is C43H38. The van der Waals surface area contributed by atoms with Gasteiger partial charge >= 0.3 is 0 Å². The summed E-state index contributed by atoms with van der Waals surface area (Å²) in [6.07, 6.45) is 4.51. The normalized spacial score (nSPS) is 11.6. The van der Waals surface area contributed by atoms with Crippen LogP contribution in [0.4, 0.5) is 0 Å². The monoisotopic (exact) mass is 554 g/mol. The molecule has 7 aromatic rings. The predicted octanol–water partition coefficient (Wildman–Crippen LogP) is 11.2. The molecule has 0 aromatic heterocycles. The molecule has 210 valence electrons. The van der Waals surface area contributed by atoms with Crippen LogP contribution in [0.5, 0.6) is 0 Å². The second kappa shape index (κ2) is 12.5. The van der Waals surface area contributed by atoms with E-state index in [0.717, 1.165) is 18.1 Å². The van der Waals surface area contributed by atoms with E-state index in [4.69, 9.17) is 0 Å². The molecule has 0 fully saturated rings. The Bertz CT molecular complexity index is 2150. The van der Waals surface area contributed by atoms with Crippen molar-refractivity contribution in [3.05, 3.63) is 144 Å². The SMILES string of the molecule is C=c1cc2ccc(-c3cccc4ccccc34)cc2c(-c2ccc(-c3cccc4ccccc34)cc2)/c1=C/CCC.CC. The molecule has 0 heterocycles. The molecular weight excluding hydrogens is 516 g/mol. The first kappa shape index (κ1) is 28.2. The lowest BCUT2D eigenvalue weighted by Gasteiger charge is -2.14. The van der Waals surface area contributed by atoms with E-state index >= 15 is 0 Å². The van der Waals surface area contributed by atoms with Gasteiger partial charge in [-0.25, -0.2) is 0 Å². The van der Waals surface area contributed by atoms with Crippen molar-refractivity contribution in [1.29, 1.82) is 0 Å². The lowest BCUT2D eigenvalue weighted by molar-refractivity contribution is 0.991. The van der Waals surface area contributed by atoms with Gasteiger partial charge in [0.2, 0.25) is 0 Å². The summed E-state index contributed by atoms with van der Waals surface area (Å²) in [5.41, 5.74) is 7.49. The average Bonchev–Trinajstić information content (AvgIpc) is 3.07. The van der Waals surface area contributed by atoms with E-state index < -0.39 is 0 Å². The lowest BCUT2D eigenvalue weighted by Crippen LogP contribution is -2.25. The first-order valence-corrected chi connectivity index (χ1v) is 15.5. The number of benzene rings is 7. The third-order valence-electron chi connectivity index (χ3n) is 8.28. The van der Waals surface area contributed by atoms with Crippen LogP contribution in [0.2, 0.25) is 0 Å². The summed E-state index contributed by atoms with van der Waals surface area (Å²) in [5.74, 6) is 0. The molecule has 0 aliphatic rings. The Morgan fingerprint density at radius 3 is 1.67 bits per heavy atom. The Hall–Kier alpha value is -4.94.